The molecule has 0 N–H and O–H groups in total. The first-order valence-corrected chi connectivity index (χ1v) is 9.98. The van der Waals surface area contributed by atoms with Gasteiger partial charge in [-0.05, 0) is 61.6 Å². The Morgan fingerprint density at radius 1 is 1.12 bits per heavy atom. The number of hydrogen-bond donors (Lipinski definition) is 0. The van der Waals surface area contributed by atoms with Crippen LogP contribution in [0.1, 0.15) is 37.7 Å². The van der Waals surface area contributed by atoms with Gasteiger partial charge in [0.05, 0.1) is 5.52 Å². The maximum Gasteiger partial charge on any atom is 0.222 e. The van der Waals surface area contributed by atoms with Crippen molar-refractivity contribution >= 4 is 16.8 Å². The van der Waals surface area contributed by atoms with E-state index in [1.807, 2.05) is 12.3 Å². The van der Waals surface area contributed by atoms with Crippen LogP contribution in [0.15, 0.2) is 36.5 Å². The van der Waals surface area contributed by atoms with Gasteiger partial charge in [0.15, 0.2) is 0 Å². The molecule has 26 heavy (non-hydrogen) atoms. The van der Waals surface area contributed by atoms with Gasteiger partial charge in [0.25, 0.3) is 0 Å². The van der Waals surface area contributed by atoms with E-state index in [0.717, 1.165) is 57.5 Å². The summed E-state index contributed by atoms with van der Waals surface area (Å²) in [5.74, 6) is 1.41. The van der Waals surface area contributed by atoms with Crippen LogP contribution >= 0.6 is 0 Å². The van der Waals surface area contributed by atoms with Crippen LogP contribution in [-0.4, -0.2) is 42.1 Å². The second-order valence-corrected chi connectivity index (χ2v) is 7.80. The molecule has 0 aliphatic carbocycles. The fourth-order valence-corrected chi connectivity index (χ4v) is 4.44. The predicted molar refractivity (Wildman–Crippen MR) is 103 cm³/mol. The van der Waals surface area contributed by atoms with Gasteiger partial charge < -0.3 is 9.64 Å². The molecule has 2 fully saturated rings. The number of ether oxygens (including phenoxy) is 1. The molecule has 0 spiro atoms. The summed E-state index contributed by atoms with van der Waals surface area (Å²) in [6.07, 6.45) is 7.98. The number of hydrogen-bond acceptors (Lipinski definition) is 3. The Balaban J connectivity index is 1.39. The molecular formula is C22H28N2O2. The molecular weight excluding hydrogens is 324 g/mol. The van der Waals surface area contributed by atoms with Crippen LogP contribution in [0.4, 0.5) is 0 Å². The summed E-state index contributed by atoms with van der Waals surface area (Å²) in [5.41, 5.74) is 2.42. The van der Waals surface area contributed by atoms with Crippen molar-refractivity contribution < 1.29 is 9.53 Å². The van der Waals surface area contributed by atoms with Crippen molar-refractivity contribution in [3.63, 3.8) is 0 Å². The van der Waals surface area contributed by atoms with E-state index in [1.165, 1.54) is 17.4 Å². The van der Waals surface area contributed by atoms with E-state index < -0.39 is 0 Å². The molecule has 4 rings (SSSR count). The normalized spacial score (nSPS) is 21.8. The van der Waals surface area contributed by atoms with Crippen molar-refractivity contribution in [1.82, 2.24) is 9.88 Å². The SMILES string of the molecule is O=C(CC1CCOCC1)N1CCCC(Cc2cccc3ncccc23)C1. The topological polar surface area (TPSA) is 42.4 Å². The first-order chi connectivity index (χ1) is 12.8. The highest BCUT2D eigenvalue weighted by molar-refractivity contribution is 5.82. The largest absolute Gasteiger partial charge is 0.381 e. The molecule has 1 atom stereocenters. The summed E-state index contributed by atoms with van der Waals surface area (Å²) in [4.78, 5) is 19.3. The summed E-state index contributed by atoms with van der Waals surface area (Å²) >= 11 is 0. The lowest BCUT2D eigenvalue weighted by Gasteiger charge is -2.34. The fraction of sp³-hybridized carbons (Fsp3) is 0.545. The molecule has 1 unspecified atom stereocenters. The third kappa shape index (κ3) is 4.07. The minimum absolute atomic E-state index is 0.348. The number of amides is 1. The van der Waals surface area contributed by atoms with Crippen molar-refractivity contribution in [3.8, 4) is 0 Å². The smallest absolute Gasteiger partial charge is 0.222 e. The van der Waals surface area contributed by atoms with E-state index in [2.05, 4.69) is 34.1 Å². The van der Waals surface area contributed by atoms with Crippen LogP contribution in [0.5, 0.6) is 0 Å². The van der Waals surface area contributed by atoms with E-state index in [1.54, 1.807) is 0 Å². The van der Waals surface area contributed by atoms with Crippen molar-refractivity contribution in [1.29, 1.82) is 0 Å². The zero-order chi connectivity index (χ0) is 17.8. The number of piperidine rings is 1. The number of nitrogens with zero attached hydrogens (tertiary/aromatic N) is 2. The molecule has 2 saturated heterocycles. The Bertz CT molecular complexity index is 749. The van der Waals surface area contributed by atoms with Gasteiger partial charge in [-0.3, -0.25) is 9.78 Å². The maximum absolute atomic E-state index is 12.8. The summed E-state index contributed by atoms with van der Waals surface area (Å²) < 4.78 is 5.42. The number of carbonyl (C=O) groups is 1. The maximum atomic E-state index is 12.8. The average Bonchev–Trinajstić information content (AvgIpc) is 2.69. The van der Waals surface area contributed by atoms with E-state index in [4.69, 9.17) is 4.74 Å². The van der Waals surface area contributed by atoms with Crippen molar-refractivity contribution in [2.45, 2.75) is 38.5 Å². The highest BCUT2D eigenvalue weighted by Gasteiger charge is 2.26. The molecule has 2 aromatic rings. The molecule has 4 heteroatoms. The van der Waals surface area contributed by atoms with Gasteiger partial charge in [-0.1, -0.05) is 18.2 Å². The lowest BCUT2D eigenvalue weighted by molar-refractivity contribution is -0.134. The van der Waals surface area contributed by atoms with Gasteiger partial charge in [0.2, 0.25) is 5.91 Å². The molecule has 4 nitrogen and oxygen atoms in total. The van der Waals surface area contributed by atoms with Crippen molar-refractivity contribution in [3.05, 3.63) is 42.1 Å². The molecule has 2 aliphatic rings. The van der Waals surface area contributed by atoms with Crippen LogP contribution in [-0.2, 0) is 16.0 Å². The standard InChI is InChI=1S/C22H28N2O2/c25-22(15-17-8-12-26-13-9-17)24-11-3-4-18(16-24)14-19-5-1-7-21-20(19)6-2-10-23-21/h1-2,5-7,10,17-18H,3-4,8-9,11-16H2. The van der Waals surface area contributed by atoms with Crippen LogP contribution in [0.25, 0.3) is 10.9 Å². The summed E-state index contributed by atoms with van der Waals surface area (Å²) in [6.45, 7) is 3.46. The first-order valence-electron chi connectivity index (χ1n) is 9.98. The molecule has 3 heterocycles. The van der Waals surface area contributed by atoms with E-state index in [9.17, 15) is 4.79 Å². The third-order valence-electron chi connectivity index (χ3n) is 5.92. The number of likely N-dealkylation sites (tertiary alicyclic amines) is 1. The fourth-order valence-electron chi connectivity index (χ4n) is 4.44. The van der Waals surface area contributed by atoms with E-state index in [-0.39, 0.29) is 0 Å². The van der Waals surface area contributed by atoms with Crippen LogP contribution < -0.4 is 0 Å². The molecule has 0 bridgehead atoms. The molecule has 1 aromatic carbocycles. The molecule has 0 saturated carbocycles. The summed E-state index contributed by atoms with van der Waals surface area (Å²) in [5, 5.41) is 1.25. The molecule has 1 amide bonds. The second-order valence-electron chi connectivity index (χ2n) is 7.80. The van der Waals surface area contributed by atoms with Crippen LogP contribution in [0.2, 0.25) is 0 Å². The number of rotatable bonds is 4. The molecule has 138 valence electrons. The van der Waals surface area contributed by atoms with E-state index >= 15 is 0 Å². The summed E-state index contributed by atoms with van der Waals surface area (Å²) in [7, 11) is 0. The lowest BCUT2D eigenvalue weighted by Crippen LogP contribution is -2.41. The molecule has 0 radical (unpaired) electrons. The molecule has 1 aromatic heterocycles. The number of aromatic nitrogens is 1. The van der Waals surface area contributed by atoms with Crippen molar-refractivity contribution in [2.24, 2.45) is 11.8 Å². The Morgan fingerprint density at radius 2 is 2.00 bits per heavy atom. The number of carbonyl (C=O) groups excluding carboxylic acids is 1. The monoisotopic (exact) mass is 352 g/mol. The highest BCUT2D eigenvalue weighted by atomic mass is 16.5. The first kappa shape index (κ1) is 17.5. The van der Waals surface area contributed by atoms with Crippen molar-refractivity contribution in [2.75, 3.05) is 26.3 Å². The third-order valence-corrected chi connectivity index (χ3v) is 5.92. The van der Waals surface area contributed by atoms with Crippen LogP contribution in [0.3, 0.4) is 0 Å². The predicted octanol–water partition coefficient (Wildman–Crippen LogP) is 3.83. The Morgan fingerprint density at radius 3 is 2.88 bits per heavy atom. The summed E-state index contributed by atoms with van der Waals surface area (Å²) in [6, 6.07) is 10.6. The Labute approximate surface area is 155 Å². The van der Waals surface area contributed by atoms with Gasteiger partial charge in [-0.2, -0.15) is 0 Å². The zero-order valence-electron chi connectivity index (χ0n) is 15.4. The molecule has 2 aliphatic heterocycles. The average molecular weight is 352 g/mol. The van der Waals surface area contributed by atoms with Gasteiger partial charge in [-0.15, -0.1) is 0 Å². The van der Waals surface area contributed by atoms with Gasteiger partial charge in [-0.25, -0.2) is 0 Å². The Kier molecular flexibility index (Phi) is 5.49. The van der Waals surface area contributed by atoms with E-state index in [0.29, 0.717) is 24.2 Å². The quantitative estimate of drug-likeness (QED) is 0.840. The van der Waals surface area contributed by atoms with Crippen LogP contribution in [0, 0.1) is 11.8 Å². The number of benzene rings is 1. The highest BCUT2D eigenvalue weighted by Crippen LogP contribution is 2.26. The van der Waals surface area contributed by atoms with Gasteiger partial charge in [0.1, 0.15) is 0 Å². The number of fused-ring (bicyclic) bond motifs is 1. The van der Waals surface area contributed by atoms with Gasteiger partial charge >= 0.3 is 0 Å². The minimum atomic E-state index is 0.348. The zero-order valence-corrected chi connectivity index (χ0v) is 15.4. The van der Waals surface area contributed by atoms with Gasteiger partial charge in [0, 0.05) is 44.3 Å². The lowest BCUT2D eigenvalue weighted by atomic mass is 9.89. The number of pyridine rings is 1. The Hall–Kier alpha value is -1.94. The second kappa shape index (κ2) is 8.17. The minimum Gasteiger partial charge on any atom is -0.381 e.